The Hall–Kier alpha value is -1.51. The Morgan fingerprint density at radius 3 is 2.59 bits per heavy atom. The van der Waals surface area contributed by atoms with Crippen molar-refractivity contribution in [2.45, 2.75) is 39.7 Å². The molecule has 0 heterocycles. The van der Waals surface area contributed by atoms with Crippen LogP contribution in [0, 0.1) is 0 Å². The number of hydrogen-bond acceptors (Lipinski definition) is 3. The molecule has 0 radical (unpaired) electrons. The molecule has 1 rings (SSSR count). The lowest BCUT2D eigenvalue weighted by Crippen LogP contribution is -2.23. The second-order valence-electron chi connectivity index (χ2n) is 4.88. The van der Waals surface area contributed by atoms with Crippen LogP contribution in [0.15, 0.2) is 24.3 Å². The van der Waals surface area contributed by atoms with E-state index in [4.69, 9.17) is 9.47 Å². The number of ether oxygens (including phenoxy) is 2. The molecule has 0 aliphatic heterocycles. The number of hydrogen-bond donors (Lipinski definition) is 0. The average Bonchev–Trinajstić information content (AvgIpc) is 2.24. The number of carbonyl (C=O) groups is 1. The van der Waals surface area contributed by atoms with Crippen LogP contribution in [0.25, 0.3) is 0 Å². The zero-order chi connectivity index (χ0) is 12.9. The average molecular weight is 236 g/mol. The summed E-state index contributed by atoms with van der Waals surface area (Å²) in [5, 5.41) is 0. The van der Waals surface area contributed by atoms with Crippen molar-refractivity contribution in [3.05, 3.63) is 29.8 Å². The number of rotatable bonds is 4. The molecule has 1 aromatic carbocycles. The first-order valence-electron chi connectivity index (χ1n) is 5.88. The van der Waals surface area contributed by atoms with Crippen LogP contribution in [0.2, 0.25) is 0 Å². The standard InChI is InChI=1S/C14H20O3/c1-5-9-16-12-8-6-7-11(10-12)13(15)17-14(2,3)4/h6-8,10H,5,9H2,1-4H3. The van der Waals surface area contributed by atoms with Crippen molar-refractivity contribution in [1.82, 2.24) is 0 Å². The predicted octanol–water partition coefficient (Wildman–Crippen LogP) is 3.43. The fraction of sp³-hybridized carbons (Fsp3) is 0.500. The van der Waals surface area contributed by atoms with Gasteiger partial charge in [-0.1, -0.05) is 13.0 Å². The highest BCUT2D eigenvalue weighted by Crippen LogP contribution is 2.17. The maximum Gasteiger partial charge on any atom is 0.338 e. The third-order valence-electron chi connectivity index (χ3n) is 1.94. The van der Waals surface area contributed by atoms with E-state index in [0.717, 1.165) is 6.42 Å². The highest BCUT2D eigenvalue weighted by Gasteiger charge is 2.17. The molecule has 3 heteroatoms. The summed E-state index contributed by atoms with van der Waals surface area (Å²) in [5.41, 5.74) is 0.0469. The summed E-state index contributed by atoms with van der Waals surface area (Å²) >= 11 is 0. The molecule has 94 valence electrons. The van der Waals surface area contributed by atoms with E-state index in [0.29, 0.717) is 17.9 Å². The second-order valence-corrected chi connectivity index (χ2v) is 4.88. The second kappa shape index (κ2) is 5.71. The van der Waals surface area contributed by atoms with Gasteiger partial charge in [0, 0.05) is 0 Å². The Morgan fingerprint density at radius 2 is 2.00 bits per heavy atom. The van der Waals surface area contributed by atoms with E-state index in [2.05, 4.69) is 0 Å². The largest absolute Gasteiger partial charge is 0.494 e. The normalized spacial score (nSPS) is 11.1. The molecular weight excluding hydrogens is 216 g/mol. The molecular formula is C14H20O3. The fourth-order valence-electron chi connectivity index (χ4n) is 1.27. The lowest BCUT2D eigenvalue weighted by molar-refractivity contribution is 0.00691. The van der Waals surface area contributed by atoms with Gasteiger partial charge in [-0.15, -0.1) is 0 Å². The van der Waals surface area contributed by atoms with Crippen LogP contribution in [-0.4, -0.2) is 18.2 Å². The van der Waals surface area contributed by atoms with Gasteiger partial charge in [-0.25, -0.2) is 4.79 Å². The van der Waals surface area contributed by atoms with E-state index in [1.165, 1.54) is 0 Å². The van der Waals surface area contributed by atoms with Crippen molar-refractivity contribution in [3.8, 4) is 5.75 Å². The van der Waals surface area contributed by atoms with Crippen molar-refractivity contribution in [1.29, 1.82) is 0 Å². The summed E-state index contributed by atoms with van der Waals surface area (Å²) in [6.45, 7) is 8.24. The van der Waals surface area contributed by atoms with Gasteiger partial charge in [0.05, 0.1) is 12.2 Å². The van der Waals surface area contributed by atoms with Gasteiger partial charge in [0.15, 0.2) is 0 Å². The summed E-state index contributed by atoms with van der Waals surface area (Å²) in [7, 11) is 0. The third kappa shape index (κ3) is 4.89. The van der Waals surface area contributed by atoms with Crippen molar-refractivity contribution in [3.63, 3.8) is 0 Å². The molecule has 0 amide bonds. The van der Waals surface area contributed by atoms with Gasteiger partial charge in [-0.3, -0.25) is 0 Å². The number of esters is 1. The van der Waals surface area contributed by atoms with Crippen LogP contribution in [-0.2, 0) is 4.74 Å². The molecule has 0 atom stereocenters. The van der Waals surface area contributed by atoms with E-state index >= 15 is 0 Å². The highest BCUT2D eigenvalue weighted by molar-refractivity contribution is 5.90. The molecule has 0 saturated carbocycles. The number of carbonyl (C=O) groups excluding carboxylic acids is 1. The molecule has 1 aromatic rings. The molecule has 0 N–H and O–H groups in total. The Bertz CT molecular complexity index is 377. The first kappa shape index (κ1) is 13.6. The van der Waals surface area contributed by atoms with Gasteiger partial charge in [0.2, 0.25) is 0 Å². The molecule has 0 unspecified atom stereocenters. The minimum absolute atomic E-state index is 0.320. The maximum atomic E-state index is 11.8. The van der Waals surface area contributed by atoms with Gasteiger partial charge in [-0.05, 0) is 45.4 Å². The van der Waals surface area contributed by atoms with E-state index in [9.17, 15) is 4.79 Å². The van der Waals surface area contributed by atoms with Crippen LogP contribution >= 0.6 is 0 Å². The van der Waals surface area contributed by atoms with E-state index in [1.807, 2.05) is 33.8 Å². The summed E-state index contributed by atoms with van der Waals surface area (Å²) < 4.78 is 10.8. The Labute approximate surface area is 103 Å². The van der Waals surface area contributed by atoms with Crippen LogP contribution in [0.3, 0.4) is 0 Å². The summed E-state index contributed by atoms with van der Waals surface area (Å²) in [4.78, 5) is 11.8. The van der Waals surface area contributed by atoms with Gasteiger partial charge >= 0.3 is 5.97 Å². The Morgan fingerprint density at radius 1 is 1.29 bits per heavy atom. The molecule has 0 spiro atoms. The molecule has 0 fully saturated rings. The lowest BCUT2D eigenvalue weighted by atomic mass is 10.1. The van der Waals surface area contributed by atoms with Gasteiger partial charge in [0.1, 0.15) is 11.4 Å². The van der Waals surface area contributed by atoms with Crippen LogP contribution in [0.4, 0.5) is 0 Å². The first-order valence-corrected chi connectivity index (χ1v) is 5.88. The zero-order valence-corrected chi connectivity index (χ0v) is 10.9. The van der Waals surface area contributed by atoms with Crippen molar-refractivity contribution < 1.29 is 14.3 Å². The fourth-order valence-corrected chi connectivity index (χ4v) is 1.27. The van der Waals surface area contributed by atoms with Crippen molar-refractivity contribution in [2.75, 3.05) is 6.61 Å². The molecule has 0 bridgehead atoms. The van der Waals surface area contributed by atoms with Crippen LogP contribution in [0.5, 0.6) is 5.75 Å². The highest BCUT2D eigenvalue weighted by atomic mass is 16.6. The van der Waals surface area contributed by atoms with Crippen LogP contribution in [0.1, 0.15) is 44.5 Å². The molecule has 17 heavy (non-hydrogen) atoms. The third-order valence-corrected chi connectivity index (χ3v) is 1.94. The Balaban J connectivity index is 2.74. The van der Waals surface area contributed by atoms with Crippen molar-refractivity contribution in [2.24, 2.45) is 0 Å². The monoisotopic (exact) mass is 236 g/mol. The Kier molecular flexibility index (Phi) is 4.55. The van der Waals surface area contributed by atoms with Gasteiger partial charge in [-0.2, -0.15) is 0 Å². The van der Waals surface area contributed by atoms with Gasteiger partial charge in [0.25, 0.3) is 0 Å². The smallest absolute Gasteiger partial charge is 0.338 e. The van der Waals surface area contributed by atoms with Crippen LogP contribution < -0.4 is 4.74 Å². The maximum absolute atomic E-state index is 11.8. The quantitative estimate of drug-likeness (QED) is 0.751. The predicted molar refractivity (Wildman–Crippen MR) is 67.4 cm³/mol. The summed E-state index contributed by atoms with van der Waals surface area (Å²) in [6.07, 6.45) is 0.941. The summed E-state index contributed by atoms with van der Waals surface area (Å²) in [6, 6.07) is 7.07. The SMILES string of the molecule is CCCOc1cccc(C(=O)OC(C)(C)C)c1. The molecule has 0 aliphatic rings. The minimum atomic E-state index is -0.475. The van der Waals surface area contributed by atoms with E-state index in [-0.39, 0.29) is 5.97 Å². The molecule has 3 nitrogen and oxygen atoms in total. The molecule has 0 aromatic heterocycles. The van der Waals surface area contributed by atoms with Gasteiger partial charge < -0.3 is 9.47 Å². The summed E-state index contributed by atoms with van der Waals surface area (Å²) in [5.74, 6) is 0.384. The molecule has 0 aliphatic carbocycles. The van der Waals surface area contributed by atoms with E-state index < -0.39 is 5.60 Å². The molecule has 0 saturated heterocycles. The van der Waals surface area contributed by atoms with E-state index in [1.54, 1.807) is 18.2 Å². The zero-order valence-electron chi connectivity index (χ0n) is 10.9. The topological polar surface area (TPSA) is 35.5 Å². The van der Waals surface area contributed by atoms with Crippen molar-refractivity contribution >= 4 is 5.97 Å². The minimum Gasteiger partial charge on any atom is -0.494 e. The lowest BCUT2D eigenvalue weighted by Gasteiger charge is -2.19. The first-order chi connectivity index (χ1) is 7.92. The number of benzene rings is 1.